The van der Waals surface area contributed by atoms with Gasteiger partial charge in [0.25, 0.3) is 0 Å². The van der Waals surface area contributed by atoms with Gasteiger partial charge in [-0.3, -0.25) is 0 Å². The van der Waals surface area contributed by atoms with Gasteiger partial charge in [-0.2, -0.15) is 0 Å². The first kappa shape index (κ1) is 16.3. The van der Waals surface area contributed by atoms with E-state index < -0.39 is 0 Å². The van der Waals surface area contributed by atoms with Crippen molar-refractivity contribution < 1.29 is 0 Å². The molecule has 0 saturated heterocycles. The minimum Gasteiger partial charge on any atom is -0.307 e. The molecule has 0 N–H and O–H groups in total. The molecule has 0 aliphatic heterocycles. The third-order valence-electron chi connectivity index (χ3n) is 1.15. The molecule has 0 spiro atoms. The Bertz CT molecular complexity index is 42.0. The largest absolute Gasteiger partial charge is 0.307 e. The van der Waals surface area contributed by atoms with E-state index in [4.69, 9.17) is 0 Å². The highest BCUT2D eigenvalue weighted by Crippen LogP contribution is 1.81. The summed E-state index contributed by atoms with van der Waals surface area (Å²) >= 11 is 0. The van der Waals surface area contributed by atoms with Gasteiger partial charge in [-0.05, 0) is 26.6 Å². The molecule has 1 nitrogen and oxygen atoms in total. The molecule has 0 radical (unpaired) electrons. The number of rotatable bonds is 3. The highest BCUT2D eigenvalue weighted by atomic mass is 35.5. The van der Waals surface area contributed by atoms with E-state index in [-0.39, 0.29) is 24.8 Å². The summed E-state index contributed by atoms with van der Waals surface area (Å²) in [7, 11) is 2.14. The summed E-state index contributed by atoms with van der Waals surface area (Å²) in [5.41, 5.74) is 0. The van der Waals surface area contributed by atoms with Crippen molar-refractivity contribution in [3.8, 4) is 0 Å². The number of halogens is 2. The van der Waals surface area contributed by atoms with Crippen LogP contribution in [0.15, 0.2) is 0 Å². The molecule has 0 atom stereocenters. The van der Waals surface area contributed by atoms with Gasteiger partial charge in [-0.25, -0.2) is 0 Å². The van der Waals surface area contributed by atoms with Crippen molar-refractivity contribution in [2.24, 2.45) is 0 Å². The lowest BCUT2D eigenvalue weighted by Crippen LogP contribution is -2.17. The third kappa shape index (κ3) is 11.9. The van der Waals surface area contributed by atoms with E-state index in [1.165, 1.54) is 19.5 Å². The zero-order valence-corrected chi connectivity index (χ0v) is 8.02. The van der Waals surface area contributed by atoms with Crippen LogP contribution < -0.4 is 0 Å². The molecule has 0 aromatic carbocycles. The van der Waals surface area contributed by atoms with Crippen molar-refractivity contribution in [2.75, 3.05) is 20.1 Å². The Morgan fingerprint density at radius 2 is 1.56 bits per heavy atom. The second kappa shape index (κ2) is 11.4. The van der Waals surface area contributed by atoms with Crippen LogP contribution in [0, 0.1) is 0 Å². The molecule has 0 unspecified atom stereocenters. The SMILES string of the molecule is CCCN(C)CC.Cl.Cl. The summed E-state index contributed by atoms with van der Waals surface area (Å²) < 4.78 is 0. The van der Waals surface area contributed by atoms with Crippen molar-refractivity contribution in [3.63, 3.8) is 0 Å². The van der Waals surface area contributed by atoms with Crippen LogP contribution in [0.2, 0.25) is 0 Å². The van der Waals surface area contributed by atoms with E-state index in [1.807, 2.05) is 0 Å². The normalized spacial score (nSPS) is 8.00. The van der Waals surface area contributed by atoms with Crippen LogP contribution >= 0.6 is 24.8 Å². The molecule has 0 aliphatic rings. The smallest absolute Gasteiger partial charge is 0.00245 e. The molecule has 9 heavy (non-hydrogen) atoms. The number of nitrogens with zero attached hydrogens (tertiary/aromatic N) is 1. The molecule has 0 saturated carbocycles. The predicted octanol–water partition coefficient (Wildman–Crippen LogP) is 2.19. The van der Waals surface area contributed by atoms with Crippen LogP contribution in [-0.4, -0.2) is 25.0 Å². The van der Waals surface area contributed by atoms with E-state index in [1.54, 1.807) is 0 Å². The highest BCUT2D eigenvalue weighted by molar-refractivity contribution is 5.85. The summed E-state index contributed by atoms with van der Waals surface area (Å²) in [4.78, 5) is 2.31. The van der Waals surface area contributed by atoms with Crippen molar-refractivity contribution in [1.82, 2.24) is 4.90 Å². The van der Waals surface area contributed by atoms with Gasteiger partial charge < -0.3 is 4.90 Å². The van der Waals surface area contributed by atoms with E-state index in [9.17, 15) is 0 Å². The van der Waals surface area contributed by atoms with E-state index in [0.717, 1.165) is 0 Å². The fourth-order valence-electron chi connectivity index (χ4n) is 0.540. The predicted molar refractivity (Wildman–Crippen MR) is 48.0 cm³/mol. The molecule has 0 bridgehead atoms. The first-order valence-corrected chi connectivity index (χ1v) is 2.99. The average molecular weight is 174 g/mol. The van der Waals surface area contributed by atoms with Crippen molar-refractivity contribution >= 4 is 24.8 Å². The van der Waals surface area contributed by atoms with Gasteiger partial charge in [0.1, 0.15) is 0 Å². The van der Waals surface area contributed by atoms with Crippen molar-refractivity contribution in [2.45, 2.75) is 20.3 Å². The van der Waals surface area contributed by atoms with Gasteiger partial charge in [0, 0.05) is 0 Å². The summed E-state index contributed by atoms with van der Waals surface area (Å²) in [6, 6.07) is 0. The summed E-state index contributed by atoms with van der Waals surface area (Å²) in [6.45, 7) is 6.78. The highest BCUT2D eigenvalue weighted by Gasteiger charge is 1.86. The minimum absolute atomic E-state index is 0. The van der Waals surface area contributed by atoms with Crippen LogP contribution in [0.25, 0.3) is 0 Å². The molecular formula is C6H17Cl2N. The van der Waals surface area contributed by atoms with Gasteiger partial charge >= 0.3 is 0 Å². The number of hydrogen-bond acceptors (Lipinski definition) is 1. The molecular weight excluding hydrogens is 157 g/mol. The fraction of sp³-hybridized carbons (Fsp3) is 1.00. The molecule has 0 amide bonds. The van der Waals surface area contributed by atoms with Crippen LogP contribution in [0.4, 0.5) is 0 Å². The van der Waals surface area contributed by atoms with Crippen molar-refractivity contribution in [3.05, 3.63) is 0 Å². The number of hydrogen-bond donors (Lipinski definition) is 0. The molecule has 0 fully saturated rings. The van der Waals surface area contributed by atoms with E-state index in [0.29, 0.717) is 0 Å². The Labute approximate surface area is 70.6 Å². The van der Waals surface area contributed by atoms with Crippen LogP contribution in [-0.2, 0) is 0 Å². The van der Waals surface area contributed by atoms with Crippen LogP contribution in [0.3, 0.4) is 0 Å². The Hall–Kier alpha value is 0.540. The lowest BCUT2D eigenvalue weighted by atomic mass is 10.4. The topological polar surface area (TPSA) is 3.24 Å². The maximum atomic E-state index is 2.31. The summed E-state index contributed by atoms with van der Waals surface area (Å²) in [5, 5.41) is 0. The Morgan fingerprint density at radius 1 is 1.11 bits per heavy atom. The second-order valence-corrected chi connectivity index (χ2v) is 1.90. The fourth-order valence-corrected chi connectivity index (χ4v) is 0.540. The lowest BCUT2D eigenvalue weighted by Gasteiger charge is -2.10. The zero-order valence-electron chi connectivity index (χ0n) is 6.39. The average Bonchev–Trinajstić information content (AvgIpc) is 1.68. The Balaban J connectivity index is -0.000000180. The van der Waals surface area contributed by atoms with Gasteiger partial charge in [0.15, 0.2) is 0 Å². The molecule has 0 rings (SSSR count). The monoisotopic (exact) mass is 173 g/mol. The van der Waals surface area contributed by atoms with E-state index >= 15 is 0 Å². The molecule has 3 heteroatoms. The molecule has 0 aliphatic carbocycles. The summed E-state index contributed by atoms with van der Waals surface area (Å²) in [5.74, 6) is 0. The molecule has 0 aromatic rings. The van der Waals surface area contributed by atoms with E-state index in [2.05, 4.69) is 25.8 Å². The maximum absolute atomic E-state index is 2.31. The molecule has 0 aromatic heterocycles. The van der Waals surface area contributed by atoms with Gasteiger partial charge in [-0.15, -0.1) is 24.8 Å². The first-order chi connectivity index (χ1) is 3.31. The minimum atomic E-state index is 0. The maximum Gasteiger partial charge on any atom is -0.00245 e. The van der Waals surface area contributed by atoms with Gasteiger partial charge in [-0.1, -0.05) is 13.8 Å². The standard InChI is InChI=1S/C6H15N.2ClH/c1-4-6-7(3)5-2;;/h4-6H2,1-3H3;2*1H. The summed E-state index contributed by atoms with van der Waals surface area (Å²) in [6.07, 6.45) is 1.27. The van der Waals surface area contributed by atoms with Crippen molar-refractivity contribution in [1.29, 1.82) is 0 Å². The van der Waals surface area contributed by atoms with Gasteiger partial charge in [0.05, 0.1) is 0 Å². The molecule has 0 heterocycles. The zero-order chi connectivity index (χ0) is 5.70. The quantitative estimate of drug-likeness (QED) is 0.633. The lowest BCUT2D eigenvalue weighted by molar-refractivity contribution is 0.353. The Morgan fingerprint density at radius 3 is 1.67 bits per heavy atom. The van der Waals surface area contributed by atoms with Gasteiger partial charge in [0.2, 0.25) is 0 Å². The first-order valence-electron chi connectivity index (χ1n) is 2.99. The second-order valence-electron chi connectivity index (χ2n) is 1.90. The Kier molecular flexibility index (Phi) is 20.5. The third-order valence-corrected chi connectivity index (χ3v) is 1.15. The van der Waals surface area contributed by atoms with Crippen LogP contribution in [0.5, 0.6) is 0 Å². The van der Waals surface area contributed by atoms with Crippen LogP contribution in [0.1, 0.15) is 20.3 Å². The molecule has 60 valence electrons.